The van der Waals surface area contributed by atoms with Crippen LogP contribution in [0.5, 0.6) is 0 Å². The Morgan fingerprint density at radius 3 is 2.45 bits per heavy atom. The van der Waals surface area contributed by atoms with Crippen molar-refractivity contribution in [1.29, 1.82) is 0 Å². The molecule has 0 aliphatic carbocycles. The van der Waals surface area contributed by atoms with E-state index in [1.807, 2.05) is 38.1 Å². The number of nitrogens with one attached hydrogen (secondary N) is 2. The first-order chi connectivity index (χ1) is 14.8. The molecule has 0 saturated heterocycles. The molecule has 0 fully saturated rings. The number of benzene rings is 2. The summed E-state index contributed by atoms with van der Waals surface area (Å²) >= 11 is 0. The molecule has 1 atom stereocenters. The molecular weight excluding hydrogens is 394 g/mol. The zero-order valence-corrected chi connectivity index (χ0v) is 18.2. The minimum atomic E-state index is -0.889. The van der Waals surface area contributed by atoms with Crippen LogP contribution >= 0.6 is 0 Å². The van der Waals surface area contributed by atoms with Gasteiger partial charge in [0.25, 0.3) is 5.91 Å². The molecular formula is C24H29N3O4. The van der Waals surface area contributed by atoms with Crippen molar-refractivity contribution in [2.75, 3.05) is 11.4 Å². The second-order valence-corrected chi connectivity index (χ2v) is 7.95. The van der Waals surface area contributed by atoms with E-state index in [-0.39, 0.29) is 18.0 Å². The Bertz CT molecular complexity index is 940. The number of carbonyl (C=O) groups is 3. The van der Waals surface area contributed by atoms with Gasteiger partial charge in [-0.15, -0.1) is 0 Å². The minimum absolute atomic E-state index is 0.0558. The molecule has 0 bridgehead atoms. The molecule has 0 spiro atoms. The zero-order valence-electron chi connectivity index (χ0n) is 18.2. The molecule has 164 valence electrons. The van der Waals surface area contributed by atoms with Crippen LogP contribution in [0.25, 0.3) is 0 Å². The van der Waals surface area contributed by atoms with Crippen LogP contribution in [0.1, 0.15) is 48.7 Å². The third-order valence-corrected chi connectivity index (χ3v) is 5.07. The fourth-order valence-electron chi connectivity index (χ4n) is 3.52. The zero-order chi connectivity index (χ0) is 22.4. The normalized spacial score (nSPS) is 13.9. The molecule has 1 aliphatic heterocycles. The molecule has 7 heteroatoms. The maximum absolute atomic E-state index is 12.9. The predicted octanol–water partition coefficient (Wildman–Crippen LogP) is 3.42. The van der Waals surface area contributed by atoms with Crippen molar-refractivity contribution >= 4 is 23.6 Å². The molecule has 1 aliphatic rings. The first kappa shape index (κ1) is 22.3. The Hall–Kier alpha value is -3.35. The Balaban J connectivity index is 1.56. The SMILES string of the molecule is CC(C)NC(=O)NCc1ccc(C(=O)OC(C)C(=O)N2CCCc3ccccc32)cc1. The first-order valence-electron chi connectivity index (χ1n) is 10.6. The predicted molar refractivity (Wildman–Crippen MR) is 119 cm³/mol. The van der Waals surface area contributed by atoms with E-state index < -0.39 is 12.1 Å². The standard InChI is InChI=1S/C24H29N3O4/c1-16(2)26-24(30)25-15-18-10-12-20(13-11-18)23(29)31-17(3)22(28)27-14-6-8-19-7-4-5-9-21(19)27/h4-5,7,9-13,16-17H,6,8,14-15H2,1-3H3,(H2,25,26,30). The fraction of sp³-hybridized carbons (Fsp3) is 0.375. The summed E-state index contributed by atoms with van der Waals surface area (Å²) in [5.41, 5.74) is 3.23. The Morgan fingerprint density at radius 1 is 1.03 bits per heavy atom. The summed E-state index contributed by atoms with van der Waals surface area (Å²) in [6.07, 6.45) is 0.933. The highest BCUT2D eigenvalue weighted by Crippen LogP contribution is 2.27. The molecule has 1 unspecified atom stereocenters. The molecule has 0 aromatic heterocycles. The van der Waals surface area contributed by atoms with Crippen molar-refractivity contribution in [2.45, 2.75) is 52.3 Å². The molecule has 7 nitrogen and oxygen atoms in total. The smallest absolute Gasteiger partial charge is 0.338 e. The maximum atomic E-state index is 12.9. The Kier molecular flexibility index (Phi) is 7.28. The van der Waals surface area contributed by atoms with Crippen LogP contribution in [0.3, 0.4) is 0 Å². The Labute approximate surface area is 182 Å². The number of hydrogen-bond acceptors (Lipinski definition) is 4. The van der Waals surface area contributed by atoms with E-state index in [1.165, 1.54) is 0 Å². The van der Waals surface area contributed by atoms with Crippen molar-refractivity contribution < 1.29 is 19.1 Å². The number of amides is 3. The van der Waals surface area contributed by atoms with Gasteiger partial charge >= 0.3 is 12.0 Å². The molecule has 2 N–H and O–H groups in total. The van der Waals surface area contributed by atoms with Gasteiger partial charge in [-0.2, -0.15) is 0 Å². The highest BCUT2D eigenvalue weighted by atomic mass is 16.5. The third kappa shape index (κ3) is 5.84. The van der Waals surface area contributed by atoms with Crippen LogP contribution in [0.2, 0.25) is 0 Å². The number of rotatable bonds is 6. The van der Waals surface area contributed by atoms with Crippen LogP contribution in [0.15, 0.2) is 48.5 Å². The van der Waals surface area contributed by atoms with Gasteiger partial charge in [0.15, 0.2) is 6.10 Å². The van der Waals surface area contributed by atoms with E-state index >= 15 is 0 Å². The van der Waals surface area contributed by atoms with Crippen molar-refractivity contribution in [3.05, 3.63) is 65.2 Å². The molecule has 2 aromatic rings. The third-order valence-electron chi connectivity index (χ3n) is 5.07. The van der Waals surface area contributed by atoms with E-state index in [2.05, 4.69) is 10.6 Å². The van der Waals surface area contributed by atoms with Crippen molar-refractivity contribution in [3.63, 3.8) is 0 Å². The Morgan fingerprint density at radius 2 is 1.74 bits per heavy atom. The molecule has 2 aromatic carbocycles. The summed E-state index contributed by atoms with van der Waals surface area (Å²) in [5.74, 6) is -0.777. The van der Waals surface area contributed by atoms with Gasteiger partial charge in [-0.3, -0.25) is 4.79 Å². The maximum Gasteiger partial charge on any atom is 0.338 e. The minimum Gasteiger partial charge on any atom is -0.449 e. The molecule has 0 saturated carbocycles. The second-order valence-electron chi connectivity index (χ2n) is 7.95. The van der Waals surface area contributed by atoms with Gasteiger partial charge < -0.3 is 20.3 Å². The van der Waals surface area contributed by atoms with Crippen LogP contribution < -0.4 is 15.5 Å². The summed E-state index contributed by atoms with van der Waals surface area (Å²) in [5, 5.41) is 5.50. The monoisotopic (exact) mass is 423 g/mol. The fourth-order valence-corrected chi connectivity index (χ4v) is 3.52. The van der Waals surface area contributed by atoms with E-state index in [0.717, 1.165) is 29.7 Å². The number of urea groups is 1. The number of aryl methyl sites for hydroxylation is 1. The number of anilines is 1. The van der Waals surface area contributed by atoms with Gasteiger partial charge in [-0.1, -0.05) is 30.3 Å². The highest BCUT2D eigenvalue weighted by Gasteiger charge is 2.28. The average molecular weight is 424 g/mol. The second kappa shape index (κ2) is 10.1. The van der Waals surface area contributed by atoms with E-state index in [4.69, 9.17) is 4.74 Å². The van der Waals surface area contributed by atoms with Gasteiger partial charge in [-0.05, 0) is 62.9 Å². The van der Waals surface area contributed by atoms with E-state index in [9.17, 15) is 14.4 Å². The van der Waals surface area contributed by atoms with Gasteiger partial charge in [0, 0.05) is 24.8 Å². The quantitative estimate of drug-likeness (QED) is 0.697. The lowest BCUT2D eigenvalue weighted by molar-refractivity contribution is -0.126. The number of ether oxygens (including phenoxy) is 1. The molecule has 3 rings (SSSR count). The topological polar surface area (TPSA) is 87.7 Å². The summed E-state index contributed by atoms with van der Waals surface area (Å²) in [4.78, 5) is 38.8. The summed E-state index contributed by atoms with van der Waals surface area (Å²) in [6.45, 7) is 6.33. The van der Waals surface area contributed by atoms with Crippen LogP contribution in [0.4, 0.5) is 10.5 Å². The van der Waals surface area contributed by atoms with Gasteiger partial charge in [0.1, 0.15) is 0 Å². The number of para-hydroxylation sites is 1. The lowest BCUT2D eigenvalue weighted by atomic mass is 10.0. The van der Waals surface area contributed by atoms with Crippen LogP contribution in [-0.4, -0.2) is 36.6 Å². The molecule has 3 amide bonds. The number of fused-ring (bicyclic) bond motifs is 1. The summed E-state index contributed by atoms with van der Waals surface area (Å²) in [6, 6.07) is 14.4. The van der Waals surface area contributed by atoms with Crippen LogP contribution in [0, 0.1) is 0 Å². The van der Waals surface area contributed by atoms with Crippen LogP contribution in [-0.2, 0) is 22.5 Å². The van der Waals surface area contributed by atoms with Crippen molar-refractivity contribution in [2.24, 2.45) is 0 Å². The van der Waals surface area contributed by atoms with E-state index in [0.29, 0.717) is 18.7 Å². The number of carbonyl (C=O) groups excluding carboxylic acids is 3. The van der Waals surface area contributed by atoms with Gasteiger partial charge in [0.2, 0.25) is 0 Å². The summed E-state index contributed by atoms with van der Waals surface area (Å²) < 4.78 is 5.44. The van der Waals surface area contributed by atoms with E-state index in [1.54, 1.807) is 36.1 Å². The average Bonchev–Trinajstić information content (AvgIpc) is 2.76. The summed E-state index contributed by atoms with van der Waals surface area (Å²) in [7, 11) is 0. The largest absolute Gasteiger partial charge is 0.449 e. The lowest BCUT2D eigenvalue weighted by Crippen LogP contribution is -2.42. The van der Waals surface area contributed by atoms with Gasteiger partial charge in [-0.25, -0.2) is 9.59 Å². The highest BCUT2D eigenvalue weighted by molar-refractivity contribution is 5.99. The molecule has 1 heterocycles. The van der Waals surface area contributed by atoms with Gasteiger partial charge in [0.05, 0.1) is 5.56 Å². The molecule has 31 heavy (non-hydrogen) atoms. The van der Waals surface area contributed by atoms with Crippen molar-refractivity contribution in [1.82, 2.24) is 10.6 Å². The first-order valence-corrected chi connectivity index (χ1v) is 10.6. The van der Waals surface area contributed by atoms with Crippen molar-refractivity contribution in [3.8, 4) is 0 Å². The number of hydrogen-bond donors (Lipinski definition) is 2. The molecule has 0 radical (unpaired) electrons. The lowest BCUT2D eigenvalue weighted by Gasteiger charge is -2.31. The number of nitrogens with zero attached hydrogens (tertiary/aromatic N) is 1. The number of esters is 1.